The predicted molar refractivity (Wildman–Crippen MR) is 82.6 cm³/mol. The third-order valence-corrected chi connectivity index (χ3v) is 4.44. The van der Waals surface area contributed by atoms with Gasteiger partial charge in [-0.25, -0.2) is 9.97 Å². The molecule has 0 radical (unpaired) electrons. The largest absolute Gasteiger partial charge is 0.331 e. The van der Waals surface area contributed by atoms with Gasteiger partial charge in [-0.2, -0.15) is 0 Å². The maximum atomic E-state index is 12.3. The Hall–Kier alpha value is -1.10. The van der Waals surface area contributed by atoms with Gasteiger partial charge < -0.3 is 4.90 Å². The number of hydrogen-bond acceptors (Lipinski definition) is 4. The third kappa shape index (κ3) is 3.14. The fraction of sp³-hybridized carbons (Fsp3) is 0.667. The second kappa shape index (κ2) is 5.72. The number of hydrogen-bond donors (Lipinski definition) is 0. The van der Waals surface area contributed by atoms with Crippen molar-refractivity contribution in [1.82, 2.24) is 14.9 Å². The molecule has 5 heteroatoms. The lowest BCUT2D eigenvalue weighted by Gasteiger charge is -2.19. The molecule has 0 aliphatic carbocycles. The third-order valence-electron chi connectivity index (χ3n) is 3.40. The van der Waals surface area contributed by atoms with E-state index in [1.165, 1.54) is 0 Å². The van der Waals surface area contributed by atoms with E-state index in [1.807, 2.05) is 18.0 Å². The number of carbonyl (C=O) groups excluding carboxylic acids is 1. The Kier molecular flexibility index (Phi) is 4.37. The summed E-state index contributed by atoms with van der Waals surface area (Å²) in [7, 11) is 0. The van der Waals surface area contributed by atoms with E-state index < -0.39 is 0 Å². The average molecular weight is 293 g/mol. The van der Waals surface area contributed by atoms with Crippen molar-refractivity contribution in [3.63, 3.8) is 0 Å². The molecule has 0 N–H and O–H groups in total. The van der Waals surface area contributed by atoms with Crippen LogP contribution in [0.25, 0.3) is 0 Å². The standard InChI is InChI=1S/C15H23N3OS/c1-6-20-10(2)13(19)18-8-11-7-16-14(15(3,4)5)17-12(11)9-18/h7,10H,6,8-9H2,1-5H3/t10-/m1/s1. The maximum absolute atomic E-state index is 12.3. The lowest BCUT2D eigenvalue weighted by molar-refractivity contribution is -0.130. The van der Waals surface area contributed by atoms with Crippen LogP contribution in [-0.2, 0) is 23.3 Å². The molecule has 1 aliphatic rings. The van der Waals surface area contributed by atoms with Crippen LogP contribution in [0.2, 0.25) is 0 Å². The summed E-state index contributed by atoms with van der Waals surface area (Å²) < 4.78 is 0. The molecule has 110 valence electrons. The zero-order valence-corrected chi connectivity index (χ0v) is 13.8. The number of thioether (sulfide) groups is 1. The fourth-order valence-corrected chi connectivity index (χ4v) is 3.04. The molecule has 0 unspecified atom stereocenters. The van der Waals surface area contributed by atoms with Crippen molar-refractivity contribution in [3.05, 3.63) is 23.3 Å². The normalized spacial score (nSPS) is 16.1. The minimum absolute atomic E-state index is 0.0179. The Morgan fingerprint density at radius 2 is 2.15 bits per heavy atom. The van der Waals surface area contributed by atoms with Crippen LogP contribution in [0.4, 0.5) is 0 Å². The van der Waals surface area contributed by atoms with Crippen LogP contribution >= 0.6 is 11.8 Å². The number of nitrogens with zero attached hydrogens (tertiary/aromatic N) is 3. The van der Waals surface area contributed by atoms with Crippen molar-refractivity contribution < 1.29 is 4.79 Å². The molecule has 0 saturated carbocycles. The molecular formula is C15H23N3OS. The number of rotatable bonds is 3. The molecule has 1 aromatic heterocycles. The van der Waals surface area contributed by atoms with Gasteiger partial charge >= 0.3 is 0 Å². The van der Waals surface area contributed by atoms with Crippen molar-refractivity contribution in [1.29, 1.82) is 0 Å². The van der Waals surface area contributed by atoms with Crippen LogP contribution in [0.1, 0.15) is 51.7 Å². The topological polar surface area (TPSA) is 46.1 Å². The van der Waals surface area contributed by atoms with Crippen LogP contribution < -0.4 is 0 Å². The summed E-state index contributed by atoms with van der Waals surface area (Å²) in [4.78, 5) is 23.3. The predicted octanol–water partition coefficient (Wildman–Crippen LogP) is 2.76. The maximum Gasteiger partial charge on any atom is 0.236 e. The van der Waals surface area contributed by atoms with Gasteiger partial charge in [0, 0.05) is 23.7 Å². The Bertz CT molecular complexity index is 510. The Morgan fingerprint density at radius 1 is 1.45 bits per heavy atom. The van der Waals surface area contributed by atoms with Crippen LogP contribution in [-0.4, -0.2) is 31.8 Å². The molecule has 0 fully saturated rings. The zero-order valence-electron chi connectivity index (χ0n) is 12.9. The number of carbonyl (C=O) groups is 1. The van der Waals surface area contributed by atoms with Crippen LogP contribution in [0.15, 0.2) is 6.20 Å². The average Bonchev–Trinajstić information content (AvgIpc) is 2.79. The highest BCUT2D eigenvalue weighted by molar-refractivity contribution is 8.00. The van der Waals surface area contributed by atoms with E-state index in [9.17, 15) is 4.79 Å². The summed E-state index contributed by atoms with van der Waals surface area (Å²) in [5.74, 6) is 2.01. The molecular weight excluding hydrogens is 270 g/mol. The van der Waals surface area contributed by atoms with Gasteiger partial charge in [-0.1, -0.05) is 27.7 Å². The van der Waals surface area contributed by atoms with Crippen LogP contribution in [0, 0.1) is 0 Å². The first-order chi connectivity index (χ1) is 9.32. The van der Waals surface area contributed by atoms with Gasteiger partial charge in [0.1, 0.15) is 5.82 Å². The summed E-state index contributed by atoms with van der Waals surface area (Å²) >= 11 is 1.69. The van der Waals surface area contributed by atoms with E-state index in [2.05, 4.69) is 37.7 Å². The number of amides is 1. The first kappa shape index (κ1) is 15.3. The highest BCUT2D eigenvalue weighted by Crippen LogP contribution is 2.26. The SMILES string of the molecule is CCS[C@H](C)C(=O)N1Cc2cnc(C(C)(C)C)nc2C1. The molecule has 20 heavy (non-hydrogen) atoms. The first-order valence-electron chi connectivity index (χ1n) is 7.08. The highest BCUT2D eigenvalue weighted by atomic mass is 32.2. The zero-order chi connectivity index (χ0) is 14.9. The second-order valence-corrected chi connectivity index (χ2v) is 7.83. The van der Waals surface area contributed by atoms with Gasteiger partial charge in [0.15, 0.2) is 0 Å². The van der Waals surface area contributed by atoms with Crippen molar-refractivity contribution in [2.45, 2.75) is 58.4 Å². The van der Waals surface area contributed by atoms with Crippen molar-refractivity contribution in [2.24, 2.45) is 0 Å². The van der Waals surface area contributed by atoms with E-state index in [-0.39, 0.29) is 16.6 Å². The molecule has 1 amide bonds. The summed E-state index contributed by atoms with van der Waals surface area (Å²) in [6.07, 6.45) is 1.88. The summed E-state index contributed by atoms with van der Waals surface area (Å²) in [6, 6.07) is 0. The van der Waals surface area contributed by atoms with Crippen LogP contribution in [0.5, 0.6) is 0 Å². The van der Waals surface area contributed by atoms with Gasteiger partial charge in [0.25, 0.3) is 0 Å². The monoisotopic (exact) mass is 293 g/mol. The van der Waals surface area contributed by atoms with Gasteiger partial charge in [-0.05, 0) is 12.7 Å². The molecule has 1 aliphatic heterocycles. The smallest absolute Gasteiger partial charge is 0.236 e. The molecule has 0 bridgehead atoms. The Morgan fingerprint density at radius 3 is 2.75 bits per heavy atom. The Labute approximate surface area is 125 Å². The van der Waals surface area contributed by atoms with E-state index in [0.717, 1.165) is 22.8 Å². The minimum atomic E-state index is -0.0577. The molecule has 0 saturated heterocycles. The molecule has 2 rings (SSSR count). The van der Waals surface area contributed by atoms with Gasteiger partial charge in [-0.15, -0.1) is 11.8 Å². The van der Waals surface area contributed by atoms with Crippen molar-refractivity contribution >= 4 is 17.7 Å². The van der Waals surface area contributed by atoms with Gasteiger partial charge in [-0.3, -0.25) is 4.79 Å². The quantitative estimate of drug-likeness (QED) is 0.859. The van der Waals surface area contributed by atoms with Gasteiger partial charge in [0.2, 0.25) is 5.91 Å². The first-order valence-corrected chi connectivity index (χ1v) is 8.13. The van der Waals surface area contributed by atoms with Gasteiger partial charge in [0.05, 0.1) is 17.5 Å². The minimum Gasteiger partial charge on any atom is -0.331 e. The molecule has 1 atom stereocenters. The summed E-state index contributed by atoms with van der Waals surface area (Å²) in [5, 5.41) is 0.0179. The molecule has 1 aromatic rings. The fourth-order valence-electron chi connectivity index (χ4n) is 2.25. The van der Waals surface area contributed by atoms with Crippen molar-refractivity contribution in [2.75, 3.05) is 5.75 Å². The number of aromatic nitrogens is 2. The summed E-state index contributed by atoms with van der Waals surface area (Å²) in [5.41, 5.74) is 2.03. The summed E-state index contributed by atoms with van der Waals surface area (Å²) in [6.45, 7) is 11.6. The molecule has 0 spiro atoms. The van der Waals surface area contributed by atoms with Crippen molar-refractivity contribution in [3.8, 4) is 0 Å². The van der Waals surface area contributed by atoms with E-state index in [1.54, 1.807) is 11.8 Å². The second-order valence-electron chi connectivity index (χ2n) is 6.21. The Balaban J connectivity index is 2.13. The number of fused-ring (bicyclic) bond motifs is 1. The van der Waals surface area contributed by atoms with E-state index in [0.29, 0.717) is 13.1 Å². The highest BCUT2D eigenvalue weighted by Gasteiger charge is 2.29. The van der Waals surface area contributed by atoms with E-state index in [4.69, 9.17) is 0 Å². The molecule has 4 nitrogen and oxygen atoms in total. The molecule has 2 heterocycles. The van der Waals surface area contributed by atoms with Crippen LogP contribution in [0.3, 0.4) is 0 Å². The lowest BCUT2D eigenvalue weighted by Crippen LogP contribution is -2.32. The lowest BCUT2D eigenvalue weighted by atomic mass is 9.95. The van der Waals surface area contributed by atoms with E-state index >= 15 is 0 Å². The molecule has 0 aromatic carbocycles.